The van der Waals surface area contributed by atoms with Gasteiger partial charge in [0.15, 0.2) is 0 Å². The number of ether oxygens (including phenoxy) is 1. The summed E-state index contributed by atoms with van der Waals surface area (Å²) in [4.78, 5) is 58.7. The third-order valence-electron chi connectivity index (χ3n) is 7.55. The quantitative estimate of drug-likeness (QED) is 0.244. The Balaban J connectivity index is 1.57. The lowest BCUT2D eigenvalue weighted by molar-refractivity contribution is -0.516. The SMILES string of the molecule is CC(C)(C)OC(=O)N[C@H]1CCCCC/C=C\[C@@H]2C[C@@]2(C(=O)NS(=O)(=O)[n+]2cnc(Cl)c(Br)c2)NC(=O)[C@@H]2CCCN2C1=O. The molecule has 2 aliphatic heterocycles. The first-order chi connectivity index (χ1) is 20.1. The number of aromatic nitrogens is 2. The van der Waals surface area contributed by atoms with E-state index < -0.39 is 63.2 Å². The van der Waals surface area contributed by atoms with E-state index in [0.717, 1.165) is 25.4 Å². The number of allylic oxidation sites excluding steroid dienone is 1. The van der Waals surface area contributed by atoms with Crippen molar-refractivity contribution in [1.29, 1.82) is 0 Å². The van der Waals surface area contributed by atoms with Gasteiger partial charge in [-0.3, -0.25) is 14.4 Å². The van der Waals surface area contributed by atoms with Gasteiger partial charge < -0.3 is 20.3 Å². The highest BCUT2D eigenvalue weighted by atomic mass is 79.9. The van der Waals surface area contributed by atoms with Crippen molar-refractivity contribution < 1.29 is 36.3 Å². The number of nitrogens with one attached hydrogen (secondary N) is 3. The lowest BCUT2D eigenvalue weighted by Crippen LogP contribution is -2.61. The second-order valence-electron chi connectivity index (χ2n) is 12.0. The zero-order valence-corrected chi connectivity index (χ0v) is 27.4. The molecule has 3 heterocycles. The Kier molecular flexibility index (Phi) is 10.1. The Bertz CT molecular complexity index is 1420. The summed E-state index contributed by atoms with van der Waals surface area (Å²) in [5.74, 6) is -2.31. The highest BCUT2D eigenvalue weighted by molar-refractivity contribution is 9.10. The van der Waals surface area contributed by atoms with Crippen molar-refractivity contribution in [2.45, 2.75) is 95.4 Å². The molecule has 16 heteroatoms. The highest BCUT2D eigenvalue weighted by Crippen LogP contribution is 2.45. The van der Waals surface area contributed by atoms with Gasteiger partial charge in [0.2, 0.25) is 11.8 Å². The monoisotopic (exact) mass is 703 g/mol. The molecule has 0 aromatic carbocycles. The van der Waals surface area contributed by atoms with Crippen LogP contribution in [0.2, 0.25) is 5.15 Å². The van der Waals surface area contributed by atoms with Crippen molar-refractivity contribution in [3.8, 4) is 0 Å². The van der Waals surface area contributed by atoms with Crippen LogP contribution in [0.25, 0.3) is 0 Å². The molecule has 4 atom stereocenters. The van der Waals surface area contributed by atoms with Crippen LogP contribution in [0.15, 0.2) is 29.1 Å². The fourth-order valence-corrected chi connectivity index (χ4v) is 6.79. The summed E-state index contributed by atoms with van der Waals surface area (Å²) < 4.78 is 34.4. The molecule has 4 amide bonds. The zero-order chi connectivity index (χ0) is 31.6. The van der Waals surface area contributed by atoms with Gasteiger partial charge in [-0.25, -0.2) is 9.52 Å². The number of nitrogens with zero attached hydrogens (tertiary/aromatic N) is 3. The lowest BCUT2D eigenvalue weighted by Gasteiger charge is -2.30. The van der Waals surface area contributed by atoms with E-state index in [1.165, 1.54) is 4.90 Å². The second-order valence-corrected chi connectivity index (χ2v) is 14.8. The van der Waals surface area contributed by atoms with E-state index in [9.17, 15) is 27.6 Å². The third kappa shape index (κ3) is 8.04. The van der Waals surface area contributed by atoms with Crippen molar-refractivity contribution >= 4 is 61.6 Å². The topological polar surface area (TPSA) is 168 Å². The molecule has 13 nitrogen and oxygen atoms in total. The van der Waals surface area contributed by atoms with Crippen LogP contribution < -0.4 is 19.3 Å². The van der Waals surface area contributed by atoms with E-state index in [1.54, 1.807) is 20.8 Å². The molecule has 1 saturated carbocycles. The Labute approximate surface area is 264 Å². The Hall–Kier alpha value is -2.78. The number of carbonyl (C=O) groups is 4. The molecule has 2 fully saturated rings. The normalized spacial score (nSPS) is 27.5. The van der Waals surface area contributed by atoms with Crippen LogP contribution in [0.5, 0.6) is 0 Å². The van der Waals surface area contributed by atoms with Crippen LogP contribution in [0.1, 0.15) is 72.1 Å². The number of hydrogen-bond acceptors (Lipinski definition) is 8. The van der Waals surface area contributed by atoms with Gasteiger partial charge in [-0.15, -0.1) is 3.97 Å². The van der Waals surface area contributed by atoms with Gasteiger partial charge >= 0.3 is 22.6 Å². The zero-order valence-electron chi connectivity index (χ0n) is 24.3. The molecule has 0 unspecified atom stereocenters. The molecule has 1 aromatic heterocycles. The minimum atomic E-state index is -4.43. The standard InChI is InChI=1S/C27H36BrClN6O7S/c1-26(2,3)42-25(39)31-19-11-8-6-4-5-7-10-17-14-27(17,32-22(36)20-12-9-13-35(20)23(19)37)24(38)33-43(40,41)34-15-18(28)21(29)30-16-34/h7,10,15-17,19-20H,4-6,8-9,11-14H2,1-3H3,(H2-,31,32,33,36,38,39)/p+1/b10-7-/t17-,19+,20+,27-/m1/s1. The maximum atomic E-state index is 13.7. The third-order valence-corrected chi connectivity index (χ3v) is 9.86. The Morgan fingerprint density at radius 2 is 1.95 bits per heavy atom. The van der Waals surface area contributed by atoms with Crippen molar-refractivity contribution in [1.82, 2.24) is 25.2 Å². The van der Waals surface area contributed by atoms with Gasteiger partial charge in [0.05, 0.1) is 0 Å². The maximum Gasteiger partial charge on any atom is 0.408 e. The largest absolute Gasteiger partial charge is 0.444 e. The molecule has 43 heavy (non-hydrogen) atoms. The summed E-state index contributed by atoms with van der Waals surface area (Å²) in [7, 11) is -4.43. The van der Waals surface area contributed by atoms with E-state index >= 15 is 0 Å². The first-order valence-corrected chi connectivity index (χ1v) is 16.8. The van der Waals surface area contributed by atoms with Crippen molar-refractivity contribution in [3.05, 3.63) is 34.3 Å². The Morgan fingerprint density at radius 3 is 2.65 bits per heavy atom. The highest BCUT2D eigenvalue weighted by Gasteiger charge is 2.61. The molecule has 4 rings (SSSR count). The first kappa shape index (κ1) is 33.1. The minimum absolute atomic E-state index is 0.0389. The molecule has 0 spiro atoms. The number of rotatable bonds is 4. The summed E-state index contributed by atoms with van der Waals surface area (Å²) in [6.45, 7) is 5.48. The second kappa shape index (κ2) is 13.1. The van der Waals surface area contributed by atoms with E-state index in [-0.39, 0.29) is 16.0 Å². The average molecular weight is 705 g/mol. The van der Waals surface area contributed by atoms with E-state index in [2.05, 4.69) is 36.3 Å². The minimum Gasteiger partial charge on any atom is -0.444 e. The van der Waals surface area contributed by atoms with Crippen LogP contribution in [0, 0.1) is 5.92 Å². The number of hydrogen-bond donors (Lipinski definition) is 3. The van der Waals surface area contributed by atoms with Crippen LogP contribution in [-0.2, 0) is 29.3 Å². The molecule has 3 N–H and O–H groups in total. The fraction of sp³-hybridized carbons (Fsp3) is 0.630. The molecule has 1 aliphatic carbocycles. The van der Waals surface area contributed by atoms with E-state index in [0.29, 0.717) is 42.6 Å². The molecular weight excluding hydrogens is 668 g/mol. The van der Waals surface area contributed by atoms with E-state index in [4.69, 9.17) is 16.3 Å². The van der Waals surface area contributed by atoms with Crippen molar-refractivity contribution in [2.75, 3.05) is 6.54 Å². The number of halogens is 2. The first-order valence-electron chi connectivity index (χ1n) is 14.2. The smallest absolute Gasteiger partial charge is 0.408 e. The van der Waals surface area contributed by atoms with Crippen LogP contribution >= 0.6 is 27.5 Å². The lowest BCUT2D eigenvalue weighted by atomic mass is 10.0. The summed E-state index contributed by atoms with van der Waals surface area (Å²) >= 11 is 8.99. The number of carbonyl (C=O) groups excluding carboxylic acids is 4. The molecule has 1 saturated heterocycles. The van der Waals surface area contributed by atoms with Crippen LogP contribution in [0.3, 0.4) is 0 Å². The van der Waals surface area contributed by atoms with Gasteiger partial charge in [0.1, 0.15) is 33.9 Å². The number of alkyl carbamates (subject to hydrolysis) is 1. The average Bonchev–Trinajstić information content (AvgIpc) is 3.36. The predicted molar refractivity (Wildman–Crippen MR) is 159 cm³/mol. The van der Waals surface area contributed by atoms with Crippen LogP contribution in [-0.4, -0.2) is 71.9 Å². The van der Waals surface area contributed by atoms with E-state index in [1.807, 2.05) is 12.2 Å². The van der Waals surface area contributed by atoms with Crippen molar-refractivity contribution in [3.63, 3.8) is 0 Å². The molecular formula is C27H37BrClN6O7S+. The summed E-state index contributed by atoms with van der Waals surface area (Å²) in [5.41, 5.74) is -2.28. The van der Waals surface area contributed by atoms with Gasteiger partial charge in [-0.1, -0.05) is 25.0 Å². The molecule has 3 aliphatic rings. The van der Waals surface area contributed by atoms with Gasteiger partial charge in [-0.2, -0.15) is 8.42 Å². The fourth-order valence-electron chi connectivity index (χ4n) is 5.30. The van der Waals surface area contributed by atoms with Gasteiger partial charge in [0.25, 0.3) is 11.1 Å². The van der Waals surface area contributed by atoms with Crippen molar-refractivity contribution in [2.24, 2.45) is 5.92 Å². The molecule has 1 aromatic rings. The number of amides is 4. The van der Waals surface area contributed by atoms with Gasteiger partial charge in [0, 0.05) is 12.5 Å². The van der Waals surface area contributed by atoms with Crippen LogP contribution in [0.4, 0.5) is 4.79 Å². The predicted octanol–water partition coefficient (Wildman–Crippen LogP) is 2.27. The van der Waals surface area contributed by atoms with Gasteiger partial charge in [-0.05, 0) is 91.8 Å². The Morgan fingerprint density at radius 1 is 1.21 bits per heavy atom. The summed E-state index contributed by atoms with van der Waals surface area (Å²) in [6.07, 6.45) is 9.55. The molecule has 0 bridgehead atoms. The summed E-state index contributed by atoms with van der Waals surface area (Å²) in [6, 6.07) is -1.78. The molecule has 0 radical (unpaired) electrons. The number of fused-ring (bicyclic) bond motifs is 2. The summed E-state index contributed by atoms with van der Waals surface area (Å²) in [5, 5.41) is 5.51. The molecule has 236 valence electrons. The maximum absolute atomic E-state index is 13.7.